The molecule has 4 heteroatoms. The minimum Gasteiger partial charge on any atom is -0.435 e. The monoisotopic (exact) mass is 285 g/mol. The molecule has 0 saturated carbocycles. The van der Waals surface area contributed by atoms with Gasteiger partial charge in [0.25, 0.3) is 5.24 Å². The van der Waals surface area contributed by atoms with Gasteiger partial charge in [-0.25, -0.2) is 4.98 Å². The molecule has 3 rings (SSSR count). The van der Waals surface area contributed by atoms with Crippen LogP contribution in [0.1, 0.15) is 21.5 Å². The molecule has 0 N–H and O–H groups in total. The fourth-order valence-corrected chi connectivity index (χ4v) is 2.26. The van der Waals surface area contributed by atoms with Crippen molar-refractivity contribution in [3.05, 3.63) is 53.1 Å². The highest BCUT2D eigenvalue weighted by atomic mass is 35.5. The molecule has 0 atom stereocenters. The van der Waals surface area contributed by atoms with Crippen molar-refractivity contribution in [2.24, 2.45) is 0 Å². The highest BCUT2D eigenvalue weighted by Gasteiger charge is 2.16. The van der Waals surface area contributed by atoms with Crippen LogP contribution in [-0.4, -0.2) is 10.2 Å². The van der Waals surface area contributed by atoms with Crippen molar-refractivity contribution in [3.63, 3.8) is 0 Å². The number of hydrogen-bond donors (Lipinski definition) is 0. The van der Waals surface area contributed by atoms with Gasteiger partial charge in [-0.05, 0) is 49.2 Å². The standard InChI is InChI=1S/C16H12ClNO2/c1-9-3-6-11(7-4-9)16-18-13-10(2)5-8-12(15(17)19)14(13)20-16/h3-8H,1-2H3. The van der Waals surface area contributed by atoms with Gasteiger partial charge in [0.05, 0.1) is 5.56 Å². The van der Waals surface area contributed by atoms with Crippen LogP contribution in [0, 0.1) is 13.8 Å². The molecule has 3 nitrogen and oxygen atoms in total. The first-order valence-corrected chi connectivity index (χ1v) is 6.61. The van der Waals surface area contributed by atoms with Crippen molar-refractivity contribution in [1.82, 2.24) is 4.98 Å². The molecule has 0 bridgehead atoms. The molecule has 0 saturated heterocycles. The lowest BCUT2D eigenvalue weighted by Gasteiger charge is -1.97. The highest BCUT2D eigenvalue weighted by Crippen LogP contribution is 2.29. The van der Waals surface area contributed by atoms with E-state index in [0.29, 0.717) is 22.6 Å². The minimum atomic E-state index is -0.540. The zero-order chi connectivity index (χ0) is 14.3. The molecule has 0 unspecified atom stereocenters. The normalized spacial score (nSPS) is 10.9. The lowest BCUT2D eigenvalue weighted by molar-refractivity contribution is 0.108. The van der Waals surface area contributed by atoms with Crippen LogP contribution >= 0.6 is 11.6 Å². The number of aromatic nitrogens is 1. The Morgan fingerprint density at radius 3 is 2.45 bits per heavy atom. The third-order valence-electron chi connectivity index (χ3n) is 3.26. The first-order chi connectivity index (χ1) is 9.56. The molecule has 0 aliphatic heterocycles. The van der Waals surface area contributed by atoms with Crippen LogP contribution in [0.3, 0.4) is 0 Å². The quantitative estimate of drug-likeness (QED) is 0.652. The van der Waals surface area contributed by atoms with E-state index in [1.54, 1.807) is 6.07 Å². The summed E-state index contributed by atoms with van der Waals surface area (Å²) < 4.78 is 5.75. The highest BCUT2D eigenvalue weighted by molar-refractivity contribution is 6.68. The zero-order valence-electron chi connectivity index (χ0n) is 11.1. The Morgan fingerprint density at radius 2 is 1.80 bits per heavy atom. The van der Waals surface area contributed by atoms with Crippen molar-refractivity contribution >= 4 is 27.9 Å². The molecule has 1 aromatic heterocycles. The van der Waals surface area contributed by atoms with E-state index in [2.05, 4.69) is 4.98 Å². The molecule has 0 radical (unpaired) electrons. The van der Waals surface area contributed by atoms with Crippen molar-refractivity contribution in [2.75, 3.05) is 0 Å². The summed E-state index contributed by atoms with van der Waals surface area (Å²) in [4.78, 5) is 15.9. The molecule has 0 spiro atoms. The van der Waals surface area contributed by atoms with Crippen LogP contribution in [0.15, 0.2) is 40.8 Å². The van der Waals surface area contributed by atoms with E-state index in [1.807, 2.05) is 44.2 Å². The Morgan fingerprint density at radius 1 is 1.10 bits per heavy atom. The predicted octanol–water partition coefficient (Wildman–Crippen LogP) is 4.49. The Bertz CT molecular complexity index is 803. The summed E-state index contributed by atoms with van der Waals surface area (Å²) in [5, 5.41) is -0.540. The Labute approximate surface area is 121 Å². The van der Waals surface area contributed by atoms with Crippen molar-refractivity contribution < 1.29 is 9.21 Å². The maximum atomic E-state index is 11.4. The van der Waals surface area contributed by atoms with Gasteiger partial charge in [-0.2, -0.15) is 0 Å². The average Bonchev–Trinajstić information content (AvgIpc) is 2.85. The largest absolute Gasteiger partial charge is 0.435 e. The van der Waals surface area contributed by atoms with Gasteiger partial charge in [-0.1, -0.05) is 23.8 Å². The molecule has 0 aliphatic rings. The summed E-state index contributed by atoms with van der Waals surface area (Å²) in [7, 11) is 0. The lowest BCUT2D eigenvalue weighted by atomic mass is 10.1. The summed E-state index contributed by atoms with van der Waals surface area (Å²) in [5.41, 5.74) is 4.45. The van der Waals surface area contributed by atoms with Crippen molar-refractivity contribution in [1.29, 1.82) is 0 Å². The van der Waals surface area contributed by atoms with Crippen molar-refractivity contribution in [3.8, 4) is 11.5 Å². The van der Waals surface area contributed by atoms with Gasteiger partial charge in [0.15, 0.2) is 5.58 Å². The number of nitrogens with zero attached hydrogens (tertiary/aromatic N) is 1. The number of benzene rings is 2. The van der Waals surface area contributed by atoms with E-state index in [9.17, 15) is 4.79 Å². The maximum absolute atomic E-state index is 11.4. The Balaban J connectivity index is 2.24. The van der Waals surface area contributed by atoms with Gasteiger partial charge in [-0.15, -0.1) is 0 Å². The van der Waals surface area contributed by atoms with E-state index in [4.69, 9.17) is 16.0 Å². The number of oxazole rings is 1. The Hall–Kier alpha value is -2.13. The molecule has 1 heterocycles. The molecular weight excluding hydrogens is 274 g/mol. The van der Waals surface area contributed by atoms with Gasteiger partial charge < -0.3 is 4.42 Å². The molecule has 20 heavy (non-hydrogen) atoms. The lowest BCUT2D eigenvalue weighted by Crippen LogP contribution is -1.90. The van der Waals surface area contributed by atoms with E-state index < -0.39 is 5.24 Å². The molecular formula is C16H12ClNO2. The fraction of sp³-hybridized carbons (Fsp3) is 0.125. The van der Waals surface area contributed by atoms with E-state index in [-0.39, 0.29) is 0 Å². The zero-order valence-corrected chi connectivity index (χ0v) is 11.9. The first-order valence-electron chi connectivity index (χ1n) is 6.23. The van der Waals surface area contributed by atoms with Gasteiger partial charge in [-0.3, -0.25) is 4.79 Å². The molecule has 2 aromatic carbocycles. The second-order valence-electron chi connectivity index (χ2n) is 4.77. The minimum absolute atomic E-state index is 0.345. The van der Waals surface area contributed by atoms with Gasteiger partial charge in [0, 0.05) is 5.56 Å². The van der Waals surface area contributed by atoms with Gasteiger partial charge >= 0.3 is 0 Å². The first kappa shape index (κ1) is 12.9. The van der Waals surface area contributed by atoms with Crippen LogP contribution in [0.4, 0.5) is 0 Å². The van der Waals surface area contributed by atoms with Crippen LogP contribution in [-0.2, 0) is 0 Å². The number of rotatable bonds is 2. The molecule has 0 aliphatic carbocycles. The third kappa shape index (κ3) is 2.10. The summed E-state index contributed by atoms with van der Waals surface area (Å²) in [5.74, 6) is 0.494. The summed E-state index contributed by atoms with van der Waals surface area (Å²) in [6.07, 6.45) is 0. The van der Waals surface area contributed by atoms with Crippen LogP contribution in [0.5, 0.6) is 0 Å². The number of halogens is 1. The van der Waals surface area contributed by atoms with Crippen LogP contribution < -0.4 is 0 Å². The number of hydrogen-bond acceptors (Lipinski definition) is 3. The van der Waals surface area contributed by atoms with E-state index in [1.165, 1.54) is 0 Å². The number of carbonyl (C=O) groups is 1. The summed E-state index contributed by atoms with van der Waals surface area (Å²) in [6, 6.07) is 11.3. The molecule has 0 fully saturated rings. The molecule has 3 aromatic rings. The third-order valence-corrected chi connectivity index (χ3v) is 3.46. The summed E-state index contributed by atoms with van der Waals surface area (Å²) >= 11 is 5.58. The van der Waals surface area contributed by atoms with Gasteiger partial charge in [0.1, 0.15) is 5.52 Å². The average molecular weight is 286 g/mol. The Kier molecular flexibility index (Phi) is 3.07. The number of aryl methyl sites for hydroxylation is 2. The SMILES string of the molecule is Cc1ccc(-c2nc3c(C)ccc(C(=O)Cl)c3o2)cc1. The molecule has 100 valence electrons. The second kappa shape index (κ2) is 4.76. The maximum Gasteiger partial charge on any atom is 0.256 e. The number of carbonyl (C=O) groups excluding carboxylic acids is 1. The van der Waals surface area contributed by atoms with E-state index in [0.717, 1.165) is 16.7 Å². The molecule has 0 amide bonds. The van der Waals surface area contributed by atoms with Crippen molar-refractivity contribution in [2.45, 2.75) is 13.8 Å². The second-order valence-corrected chi connectivity index (χ2v) is 5.11. The van der Waals surface area contributed by atoms with Crippen LogP contribution in [0.25, 0.3) is 22.6 Å². The number of fused-ring (bicyclic) bond motifs is 1. The van der Waals surface area contributed by atoms with Crippen LogP contribution in [0.2, 0.25) is 0 Å². The summed E-state index contributed by atoms with van der Waals surface area (Å²) in [6.45, 7) is 3.94. The van der Waals surface area contributed by atoms with Gasteiger partial charge in [0.2, 0.25) is 5.89 Å². The fourth-order valence-electron chi connectivity index (χ4n) is 2.11. The van der Waals surface area contributed by atoms with E-state index >= 15 is 0 Å². The predicted molar refractivity (Wildman–Crippen MR) is 79.1 cm³/mol. The smallest absolute Gasteiger partial charge is 0.256 e. The topological polar surface area (TPSA) is 43.1 Å².